The van der Waals surface area contributed by atoms with E-state index < -0.39 is 67.5 Å². The lowest BCUT2D eigenvalue weighted by Crippen LogP contribution is -2.63. The molecular weight excluding hydrogens is 432 g/mol. The number of fused-ring (bicyclic) bond motifs is 1. The molecule has 0 aliphatic carbocycles. The van der Waals surface area contributed by atoms with Crippen molar-refractivity contribution < 1.29 is 59.4 Å². The Bertz CT molecular complexity index is 790. The Morgan fingerprint density at radius 3 is 2.34 bits per heavy atom. The van der Waals surface area contributed by atoms with Crippen molar-refractivity contribution in [3.8, 4) is 11.5 Å². The van der Waals surface area contributed by atoms with E-state index in [4.69, 9.17) is 23.7 Å². The molecule has 32 heavy (non-hydrogen) atoms. The van der Waals surface area contributed by atoms with E-state index >= 15 is 0 Å². The molecule has 0 amide bonds. The highest BCUT2D eigenvalue weighted by molar-refractivity contribution is 5.41. The molecule has 180 valence electrons. The third kappa shape index (κ3) is 4.43. The van der Waals surface area contributed by atoms with Gasteiger partial charge in [-0.25, -0.2) is 0 Å². The molecule has 0 unspecified atom stereocenters. The van der Waals surface area contributed by atoms with E-state index in [2.05, 4.69) is 0 Å². The van der Waals surface area contributed by atoms with Crippen molar-refractivity contribution >= 4 is 0 Å². The molecule has 0 saturated carbocycles. The van der Waals surface area contributed by atoms with E-state index in [1.54, 1.807) is 0 Å². The van der Waals surface area contributed by atoms with Crippen LogP contribution in [-0.4, -0.2) is 110 Å². The highest BCUT2D eigenvalue weighted by atomic mass is 16.7. The Labute approximate surface area is 183 Å². The summed E-state index contributed by atoms with van der Waals surface area (Å²) in [5.41, 5.74) is 0.504. The van der Waals surface area contributed by atoms with E-state index in [1.807, 2.05) is 0 Å². The summed E-state index contributed by atoms with van der Waals surface area (Å²) in [5, 5.41) is 69.9. The number of benzene rings is 1. The Morgan fingerprint density at radius 1 is 0.875 bits per heavy atom. The Balaban J connectivity index is 1.37. The van der Waals surface area contributed by atoms with E-state index in [1.165, 1.54) is 25.1 Å². The molecule has 4 rings (SSSR count). The average molecular weight is 460 g/mol. The van der Waals surface area contributed by atoms with Crippen molar-refractivity contribution in [1.82, 2.24) is 0 Å². The lowest BCUT2D eigenvalue weighted by atomic mass is 9.97. The first kappa shape index (κ1) is 23.6. The summed E-state index contributed by atoms with van der Waals surface area (Å²) in [4.78, 5) is 0. The zero-order valence-electron chi connectivity index (χ0n) is 17.2. The predicted octanol–water partition coefficient (Wildman–Crippen LogP) is -2.15. The number of rotatable bonds is 4. The molecule has 0 bridgehead atoms. The fourth-order valence-corrected chi connectivity index (χ4v) is 3.99. The number of ether oxygens (including phenoxy) is 5. The van der Waals surface area contributed by atoms with Gasteiger partial charge in [0.2, 0.25) is 0 Å². The number of phenolic OH excluding ortho intramolecular Hbond substituents is 2. The molecule has 3 saturated heterocycles. The molecule has 0 radical (unpaired) electrons. The molecule has 0 aromatic heterocycles. The Hall–Kier alpha value is -1.58. The summed E-state index contributed by atoms with van der Waals surface area (Å²) in [6.07, 6.45) is -13.0. The minimum Gasteiger partial charge on any atom is -0.504 e. The molecular formula is C20H28O12. The molecule has 3 fully saturated rings. The van der Waals surface area contributed by atoms with Crippen LogP contribution in [0.3, 0.4) is 0 Å². The smallest absolute Gasteiger partial charge is 0.187 e. The molecule has 1 aromatic carbocycles. The number of hydrogen-bond donors (Lipinski definition) is 7. The summed E-state index contributed by atoms with van der Waals surface area (Å²) in [5.74, 6) is -0.615. The van der Waals surface area contributed by atoms with Gasteiger partial charge in [-0.2, -0.15) is 0 Å². The van der Waals surface area contributed by atoms with Crippen LogP contribution in [0.4, 0.5) is 0 Å². The lowest BCUT2D eigenvalue weighted by Gasteiger charge is -2.46. The van der Waals surface area contributed by atoms with Crippen molar-refractivity contribution in [1.29, 1.82) is 0 Å². The molecule has 3 aliphatic rings. The van der Waals surface area contributed by atoms with Crippen LogP contribution in [0, 0.1) is 0 Å². The number of aliphatic hydroxyl groups is 5. The summed E-state index contributed by atoms with van der Waals surface area (Å²) in [6.45, 7) is 1.22. The van der Waals surface area contributed by atoms with Gasteiger partial charge in [-0.05, 0) is 24.6 Å². The lowest BCUT2D eigenvalue weighted by molar-refractivity contribution is -0.359. The standard InChI is InChI=1S/C20H28O12/c1-7-13(23)15(25)17(27)19(30-7)28-6-12-14(24)16(26)18-20(32-12)29-5-11(31-18)8-2-3-9(21)10(22)4-8/h2-4,7,11-27H,5-6H2,1H3/t7-,11+,12+,13-,14+,15+,16-,17+,18+,19+,20+/m0/s1. The predicted molar refractivity (Wildman–Crippen MR) is 102 cm³/mol. The summed E-state index contributed by atoms with van der Waals surface area (Å²) in [7, 11) is 0. The maximum atomic E-state index is 10.6. The van der Waals surface area contributed by atoms with Gasteiger partial charge >= 0.3 is 0 Å². The second-order valence-corrected chi connectivity index (χ2v) is 8.21. The number of aromatic hydroxyl groups is 2. The molecule has 12 nitrogen and oxygen atoms in total. The third-order valence-electron chi connectivity index (χ3n) is 5.98. The largest absolute Gasteiger partial charge is 0.504 e. The first-order chi connectivity index (χ1) is 15.2. The third-order valence-corrected chi connectivity index (χ3v) is 5.98. The first-order valence-corrected chi connectivity index (χ1v) is 10.3. The minimum atomic E-state index is -1.52. The maximum absolute atomic E-state index is 10.6. The molecule has 11 atom stereocenters. The maximum Gasteiger partial charge on any atom is 0.187 e. The van der Waals surface area contributed by atoms with Crippen LogP contribution in [0.2, 0.25) is 0 Å². The van der Waals surface area contributed by atoms with Crippen LogP contribution < -0.4 is 0 Å². The molecule has 3 aliphatic heterocycles. The van der Waals surface area contributed by atoms with E-state index in [-0.39, 0.29) is 24.7 Å². The van der Waals surface area contributed by atoms with E-state index in [9.17, 15) is 35.7 Å². The molecule has 3 heterocycles. The Morgan fingerprint density at radius 2 is 1.62 bits per heavy atom. The van der Waals surface area contributed by atoms with Crippen molar-refractivity contribution in [3.05, 3.63) is 23.8 Å². The van der Waals surface area contributed by atoms with Gasteiger partial charge in [-0.1, -0.05) is 6.07 Å². The second-order valence-electron chi connectivity index (χ2n) is 8.21. The highest BCUT2D eigenvalue weighted by Crippen LogP contribution is 2.36. The van der Waals surface area contributed by atoms with Gasteiger partial charge in [-0.3, -0.25) is 0 Å². The van der Waals surface area contributed by atoms with Gasteiger partial charge in [0.05, 0.1) is 19.3 Å². The van der Waals surface area contributed by atoms with Gasteiger partial charge in [0.15, 0.2) is 24.1 Å². The van der Waals surface area contributed by atoms with Gasteiger partial charge in [0.25, 0.3) is 0 Å². The van der Waals surface area contributed by atoms with Gasteiger partial charge in [-0.15, -0.1) is 0 Å². The van der Waals surface area contributed by atoms with Gasteiger partial charge < -0.3 is 59.4 Å². The van der Waals surface area contributed by atoms with Crippen molar-refractivity contribution in [2.75, 3.05) is 13.2 Å². The van der Waals surface area contributed by atoms with Gasteiger partial charge in [0, 0.05) is 0 Å². The first-order valence-electron chi connectivity index (χ1n) is 10.3. The zero-order valence-corrected chi connectivity index (χ0v) is 17.2. The Kier molecular flexibility index (Phi) is 6.89. The number of hydrogen-bond acceptors (Lipinski definition) is 12. The average Bonchev–Trinajstić information content (AvgIpc) is 2.78. The van der Waals surface area contributed by atoms with Crippen molar-refractivity contribution in [2.24, 2.45) is 0 Å². The zero-order chi connectivity index (χ0) is 23.2. The van der Waals surface area contributed by atoms with Crippen LogP contribution in [0.5, 0.6) is 11.5 Å². The molecule has 1 aromatic rings. The monoisotopic (exact) mass is 460 g/mol. The fraction of sp³-hybridized carbons (Fsp3) is 0.700. The van der Waals surface area contributed by atoms with Crippen LogP contribution in [-0.2, 0) is 23.7 Å². The van der Waals surface area contributed by atoms with E-state index in [0.29, 0.717) is 5.56 Å². The quantitative estimate of drug-likeness (QED) is 0.242. The number of phenols is 2. The minimum absolute atomic E-state index is 0.0216. The van der Waals surface area contributed by atoms with Crippen LogP contribution >= 0.6 is 0 Å². The van der Waals surface area contributed by atoms with Crippen molar-refractivity contribution in [2.45, 2.75) is 74.4 Å². The normalized spacial score (nSPS) is 44.8. The van der Waals surface area contributed by atoms with Crippen LogP contribution in [0.1, 0.15) is 18.6 Å². The molecule has 7 N–H and O–H groups in total. The SMILES string of the molecule is C[C@@H]1O[C@@H](OC[C@H]2O[C@H]3OC[C@H](c4ccc(O)c(O)c4)O[C@@H]3[C@@H](O)[C@@H]2O)[C@H](O)[C@H](O)[C@H]1O. The van der Waals surface area contributed by atoms with Crippen LogP contribution in [0.15, 0.2) is 18.2 Å². The second kappa shape index (κ2) is 9.35. The van der Waals surface area contributed by atoms with Gasteiger partial charge in [0.1, 0.15) is 48.8 Å². The van der Waals surface area contributed by atoms with E-state index in [0.717, 1.165) is 0 Å². The summed E-state index contributed by atoms with van der Waals surface area (Å²) >= 11 is 0. The number of aliphatic hydroxyl groups excluding tert-OH is 5. The summed E-state index contributed by atoms with van der Waals surface area (Å²) in [6, 6.07) is 4.15. The fourth-order valence-electron chi connectivity index (χ4n) is 3.99. The molecule has 0 spiro atoms. The summed E-state index contributed by atoms with van der Waals surface area (Å²) < 4.78 is 28.0. The highest BCUT2D eigenvalue weighted by Gasteiger charge is 2.50. The van der Waals surface area contributed by atoms with Crippen LogP contribution in [0.25, 0.3) is 0 Å². The van der Waals surface area contributed by atoms with Crippen molar-refractivity contribution in [3.63, 3.8) is 0 Å². The topological polar surface area (TPSA) is 188 Å². The molecule has 12 heteroatoms.